The summed E-state index contributed by atoms with van der Waals surface area (Å²) in [5.74, 6) is 0.776. The number of fused-ring (bicyclic) bond motifs is 2. The number of nitrogens with zero attached hydrogens (tertiary/aromatic N) is 3. The molecule has 8 nitrogen and oxygen atoms in total. The van der Waals surface area contributed by atoms with Crippen molar-refractivity contribution < 1.29 is 13.9 Å². The lowest BCUT2D eigenvalue weighted by atomic mass is 10.1. The van der Waals surface area contributed by atoms with Gasteiger partial charge in [-0.25, -0.2) is 4.79 Å². The number of ether oxygens (including phenoxy) is 1. The predicted molar refractivity (Wildman–Crippen MR) is 102 cm³/mol. The Balaban J connectivity index is 1.40. The maximum absolute atomic E-state index is 12.1. The molecule has 28 heavy (non-hydrogen) atoms. The van der Waals surface area contributed by atoms with Gasteiger partial charge in [0.25, 0.3) is 5.91 Å². The second-order valence-electron chi connectivity index (χ2n) is 6.41. The van der Waals surface area contributed by atoms with Crippen molar-refractivity contribution in [3.05, 3.63) is 70.0 Å². The summed E-state index contributed by atoms with van der Waals surface area (Å²) >= 11 is 0. The Morgan fingerprint density at radius 1 is 1.18 bits per heavy atom. The van der Waals surface area contributed by atoms with E-state index in [2.05, 4.69) is 15.5 Å². The molecular formula is C20H18N4O4. The summed E-state index contributed by atoms with van der Waals surface area (Å²) in [6.45, 7) is 3.67. The van der Waals surface area contributed by atoms with Crippen LogP contribution in [0.25, 0.3) is 16.6 Å². The number of benzene rings is 1. The summed E-state index contributed by atoms with van der Waals surface area (Å²) in [5.41, 5.74) is 2.23. The molecule has 0 saturated heterocycles. The van der Waals surface area contributed by atoms with Crippen LogP contribution in [0.4, 0.5) is 0 Å². The highest BCUT2D eigenvalue weighted by Gasteiger charge is 2.10. The van der Waals surface area contributed by atoms with E-state index in [0.29, 0.717) is 28.4 Å². The summed E-state index contributed by atoms with van der Waals surface area (Å²) in [7, 11) is 0. The van der Waals surface area contributed by atoms with Gasteiger partial charge in [-0.15, -0.1) is 10.2 Å². The number of aryl methyl sites for hydroxylation is 1. The largest absolute Gasteiger partial charge is 0.484 e. The highest BCUT2D eigenvalue weighted by molar-refractivity contribution is 5.82. The molecule has 0 bridgehead atoms. The predicted octanol–water partition coefficient (Wildman–Crippen LogP) is 2.15. The minimum Gasteiger partial charge on any atom is -0.484 e. The molecule has 0 aliphatic heterocycles. The third-order valence-electron chi connectivity index (χ3n) is 4.63. The van der Waals surface area contributed by atoms with Crippen LogP contribution >= 0.6 is 0 Å². The zero-order valence-electron chi connectivity index (χ0n) is 15.4. The van der Waals surface area contributed by atoms with Crippen molar-refractivity contribution in [1.82, 2.24) is 19.9 Å². The number of pyridine rings is 1. The average molecular weight is 378 g/mol. The fraction of sp³-hybridized carbons (Fsp3) is 0.200. The van der Waals surface area contributed by atoms with E-state index < -0.39 is 0 Å². The highest BCUT2D eigenvalue weighted by Crippen LogP contribution is 2.23. The molecule has 4 rings (SSSR count). The van der Waals surface area contributed by atoms with Gasteiger partial charge in [0.1, 0.15) is 11.3 Å². The highest BCUT2D eigenvalue weighted by atomic mass is 16.5. The van der Waals surface area contributed by atoms with Crippen molar-refractivity contribution in [2.24, 2.45) is 0 Å². The second-order valence-corrected chi connectivity index (χ2v) is 6.41. The molecule has 1 N–H and O–H groups in total. The van der Waals surface area contributed by atoms with Crippen molar-refractivity contribution >= 4 is 22.5 Å². The van der Waals surface area contributed by atoms with E-state index in [4.69, 9.17) is 9.15 Å². The van der Waals surface area contributed by atoms with E-state index in [1.54, 1.807) is 23.5 Å². The van der Waals surface area contributed by atoms with Crippen molar-refractivity contribution in [2.45, 2.75) is 20.4 Å². The molecule has 142 valence electrons. The Labute approximate surface area is 159 Å². The fourth-order valence-corrected chi connectivity index (χ4v) is 2.91. The van der Waals surface area contributed by atoms with Gasteiger partial charge in [0, 0.05) is 23.2 Å². The van der Waals surface area contributed by atoms with Crippen LogP contribution in [0, 0.1) is 13.8 Å². The average Bonchev–Trinajstić information content (AvgIpc) is 3.12. The first-order chi connectivity index (χ1) is 13.5. The monoisotopic (exact) mass is 378 g/mol. The van der Waals surface area contributed by atoms with Gasteiger partial charge < -0.3 is 14.5 Å². The summed E-state index contributed by atoms with van der Waals surface area (Å²) in [6.07, 6.45) is 1.83. The van der Waals surface area contributed by atoms with Gasteiger partial charge in [0.05, 0.1) is 6.54 Å². The van der Waals surface area contributed by atoms with Gasteiger partial charge in [-0.1, -0.05) is 6.07 Å². The van der Waals surface area contributed by atoms with Crippen molar-refractivity contribution in [3.8, 4) is 5.75 Å². The first-order valence-corrected chi connectivity index (χ1v) is 8.75. The molecule has 8 heteroatoms. The maximum atomic E-state index is 12.1. The second kappa shape index (κ2) is 7.15. The number of hydrogen-bond acceptors (Lipinski definition) is 6. The van der Waals surface area contributed by atoms with E-state index in [9.17, 15) is 9.59 Å². The van der Waals surface area contributed by atoms with Crippen LogP contribution in [0.15, 0.2) is 51.8 Å². The Morgan fingerprint density at radius 2 is 2.04 bits per heavy atom. The molecule has 0 atom stereocenters. The van der Waals surface area contributed by atoms with Gasteiger partial charge in [0.15, 0.2) is 18.1 Å². The summed E-state index contributed by atoms with van der Waals surface area (Å²) < 4.78 is 12.6. The van der Waals surface area contributed by atoms with Crippen molar-refractivity contribution in [2.75, 3.05) is 6.61 Å². The van der Waals surface area contributed by atoms with Gasteiger partial charge in [-0.05, 0) is 43.7 Å². The van der Waals surface area contributed by atoms with Gasteiger partial charge in [-0.2, -0.15) is 0 Å². The molecule has 1 aromatic carbocycles. The zero-order valence-corrected chi connectivity index (χ0v) is 15.4. The van der Waals surface area contributed by atoms with Crippen molar-refractivity contribution in [3.63, 3.8) is 0 Å². The molecule has 0 unspecified atom stereocenters. The minimum absolute atomic E-state index is 0.169. The molecule has 0 fully saturated rings. The SMILES string of the molecule is Cc1c(C)c2ccc(OCC(=O)NCc3nnc4ccccn34)cc2oc1=O. The molecule has 3 heterocycles. The number of carbonyl (C=O) groups excluding carboxylic acids is 1. The maximum Gasteiger partial charge on any atom is 0.339 e. The van der Waals surface area contributed by atoms with E-state index in [1.165, 1.54) is 0 Å². The van der Waals surface area contributed by atoms with Crippen LogP contribution in [-0.4, -0.2) is 27.1 Å². The normalized spacial score (nSPS) is 11.1. The summed E-state index contributed by atoms with van der Waals surface area (Å²) in [6, 6.07) is 10.7. The van der Waals surface area contributed by atoms with Crippen LogP contribution in [0.2, 0.25) is 0 Å². The Bertz CT molecular complexity index is 1240. The zero-order chi connectivity index (χ0) is 19.7. The molecule has 4 aromatic rings. The van der Waals surface area contributed by atoms with Crippen LogP contribution < -0.4 is 15.7 Å². The standard InChI is InChI=1S/C20H18N4O4/c1-12-13(2)20(26)28-16-9-14(6-7-15(12)16)27-11-19(25)21-10-18-23-22-17-5-3-4-8-24(17)18/h3-9H,10-11H2,1-2H3,(H,21,25). The number of nitrogens with one attached hydrogen (secondary N) is 1. The summed E-state index contributed by atoms with van der Waals surface area (Å²) in [4.78, 5) is 23.9. The van der Waals surface area contributed by atoms with Gasteiger partial charge in [-0.3, -0.25) is 9.20 Å². The lowest BCUT2D eigenvalue weighted by Gasteiger charge is -2.09. The van der Waals surface area contributed by atoms with Gasteiger partial charge in [0.2, 0.25) is 0 Å². The van der Waals surface area contributed by atoms with Crippen molar-refractivity contribution in [1.29, 1.82) is 0 Å². The van der Waals surface area contributed by atoms with E-state index >= 15 is 0 Å². The third-order valence-corrected chi connectivity index (χ3v) is 4.63. The van der Waals surface area contributed by atoms with Crippen LogP contribution in [0.3, 0.4) is 0 Å². The fourth-order valence-electron chi connectivity index (χ4n) is 2.91. The molecule has 1 amide bonds. The number of amides is 1. The van der Waals surface area contributed by atoms with E-state index in [-0.39, 0.29) is 24.7 Å². The third kappa shape index (κ3) is 3.32. The van der Waals surface area contributed by atoms with Gasteiger partial charge >= 0.3 is 5.63 Å². The first kappa shape index (κ1) is 17.7. The summed E-state index contributed by atoms with van der Waals surface area (Å²) in [5, 5.41) is 11.7. The Kier molecular flexibility index (Phi) is 4.52. The molecule has 0 spiro atoms. The smallest absolute Gasteiger partial charge is 0.339 e. The lowest BCUT2D eigenvalue weighted by Crippen LogP contribution is -2.29. The molecule has 0 aliphatic rings. The number of carbonyl (C=O) groups is 1. The van der Waals surface area contributed by atoms with E-state index in [1.807, 2.05) is 37.4 Å². The number of hydrogen-bond donors (Lipinski definition) is 1. The topological polar surface area (TPSA) is 98.7 Å². The molecule has 0 radical (unpaired) electrons. The lowest BCUT2D eigenvalue weighted by molar-refractivity contribution is -0.123. The first-order valence-electron chi connectivity index (χ1n) is 8.75. The molecule has 0 saturated carbocycles. The minimum atomic E-state index is -0.375. The number of rotatable bonds is 5. The molecule has 3 aromatic heterocycles. The Morgan fingerprint density at radius 3 is 2.89 bits per heavy atom. The molecule has 0 aliphatic carbocycles. The van der Waals surface area contributed by atoms with E-state index in [0.717, 1.165) is 10.9 Å². The van der Waals surface area contributed by atoms with Crippen LogP contribution in [0.5, 0.6) is 5.75 Å². The van der Waals surface area contributed by atoms with Crippen LogP contribution in [-0.2, 0) is 11.3 Å². The quantitative estimate of drug-likeness (QED) is 0.534. The van der Waals surface area contributed by atoms with Crippen LogP contribution in [0.1, 0.15) is 17.0 Å². The molecular weight excluding hydrogens is 360 g/mol. The Hall–Kier alpha value is -3.68. The number of aromatic nitrogens is 3.